The summed E-state index contributed by atoms with van der Waals surface area (Å²) in [5, 5.41) is -2.04. The zero-order valence-electron chi connectivity index (χ0n) is 21.2. The molecule has 35 heavy (non-hydrogen) atoms. The van der Waals surface area contributed by atoms with Crippen molar-refractivity contribution in [3.63, 3.8) is 0 Å². The van der Waals surface area contributed by atoms with Gasteiger partial charge < -0.3 is 9.47 Å². The summed E-state index contributed by atoms with van der Waals surface area (Å²) in [4.78, 5) is 24.8. The van der Waals surface area contributed by atoms with Crippen LogP contribution in [0, 0.1) is 10.8 Å². The Kier molecular flexibility index (Phi) is 12.1. The van der Waals surface area contributed by atoms with Crippen LogP contribution in [0.3, 0.4) is 0 Å². The van der Waals surface area contributed by atoms with Crippen LogP contribution >= 0.6 is 0 Å². The molecule has 0 fully saturated rings. The van der Waals surface area contributed by atoms with E-state index >= 15 is 0 Å². The zero-order chi connectivity index (χ0) is 25.4. The molecular formula is C26H34NaO7S. The van der Waals surface area contributed by atoms with Gasteiger partial charge in [-0.25, -0.2) is 0 Å². The van der Waals surface area contributed by atoms with Crippen molar-refractivity contribution < 1.29 is 32.0 Å². The molecule has 2 aromatic carbocycles. The predicted molar refractivity (Wildman–Crippen MR) is 135 cm³/mol. The van der Waals surface area contributed by atoms with E-state index in [1.54, 1.807) is 0 Å². The van der Waals surface area contributed by atoms with Gasteiger partial charge >= 0.3 is 11.9 Å². The molecule has 1 unspecified atom stereocenters. The molecule has 0 bridgehead atoms. The number of rotatable bonds is 12. The number of hydrogen-bond donors (Lipinski definition) is 1. The van der Waals surface area contributed by atoms with Gasteiger partial charge in [0, 0.05) is 40.4 Å². The molecule has 7 nitrogen and oxygen atoms in total. The molecule has 0 amide bonds. The quantitative estimate of drug-likeness (QED) is 0.261. The Morgan fingerprint density at radius 2 is 1.20 bits per heavy atom. The van der Waals surface area contributed by atoms with Gasteiger partial charge in [-0.1, -0.05) is 88.4 Å². The molecule has 0 heterocycles. The van der Waals surface area contributed by atoms with Crippen LogP contribution in [-0.4, -0.2) is 72.9 Å². The molecule has 1 N–H and O–H groups in total. The van der Waals surface area contributed by atoms with Crippen LogP contribution in [0.1, 0.15) is 45.2 Å². The first-order valence-electron chi connectivity index (χ1n) is 11.1. The van der Waals surface area contributed by atoms with Crippen molar-refractivity contribution in [2.75, 3.05) is 13.2 Å². The average Bonchev–Trinajstić information content (AvgIpc) is 2.74. The van der Waals surface area contributed by atoms with E-state index < -0.39 is 44.6 Å². The minimum absolute atomic E-state index is 0. The zero-order valence-corrected chi connectivity index (χ0v) is 24.0. The second kappa shape index (κ2) is 13.6. The van der Waals surface area contributed by atoms with E-state index in [0.717, 1.165) is 11.1 Å². The third-order valence-corrected chi connectivity index (χ3v) is 6.33. The maximum Gasteiger partial charge on any atom is 0.327 e. The van der Waals surface area contributed by atoms with Gasteiger partial charge in [0.1, 0.15) is 0 Å². The summed E-state index contributed by atoms with van der Waals surface area (Å²) in [6.07, 6.45) is 0.412. The minimum Gasteiger partial charge on any atom is -0.465 e. The molecule has 0 aliphatic rings. The van der Waals surface area contributed by atoms with Crippen molar-refractivity contribution in [2.24, 2.45) is 10.8 Å². The first kappa shape index (κ1) is 31.3. The predicted octanol–water partition coefficient (Wildman–Crippen LogP) is 3.88. The topological polar surface area (TPSA) is 107 Å². The van der Waals surface area contributed by atoms with Gasteiger partial charge in [0.15, 0.2) is 5.25 Å². The molecule has 0 saturated carbocycles. The second-order valence-corrected chi connectivity index (χ2v) is 11.7. The summed E-state index contributed by atoms with van der Waals surface area (Å²) in [7, 11) is -4.86. The van der Waals surface area contributed by atoms with Crippen molar-refractivity contribution >= 4 is 51.6 Å². The van der Waals surface area contributed by atoms with Gasteiger partial charge in [0.2, 0.25) is 0 Å². The maximum atomic E-state index is 12.5. The van der Waals surface area contributed by atoms with Crippen molar-refractivity contribution in [3.8, 4) is 0 Å². The molecule has 0 aliphatic carbocycles. The van der Waals surface area contributed by atoms with Crippen LogP contribution in [-0.2, 0) is 42.0 Å². The number of carbonyl (C=O) groups is 2. The molecular weight excluding hydrogens is 479 g/mol. The van der Waals surface area contributed by atoms with Gasteiger partial charge in [-0.05, 0) is 24.0 Å². The Hall–Kier alpha value is -1.71. The van der Waals surface area contributed by atoms with Crippen molar-refractivity contribution in [1.29, 1.82) is 0 Å². The summed E-state index contributed by atoms with van der Waals surface area (Å²) in [6.45, 7) is 7.52. The van der Waals surface area contributed by atoms with Crippen LogP contribution in [0.25, 0.3) is 0 Å². The number of hydrogen-bond acceptors (Lipinski definition) is 6. The molecule has 1 radical (unpaired) electrons. The van der Waals surface area contributed by atoms with Gasteiger partial charge in [0.05, 0.1) is 19.6 Å². The molecule has 187 valence electrons. The summed E-state index contributed by atoms with van der Waals surface area (Å²) >= 11 is 0. The summed E-state index contributed by atoms with van der Waals surface area (Å²) < 4.78 is 43.6. The van der Waals surface area contributed by atoms with E-state index in [4.69, 9.17) is 9.47 Å². The molecule has 9 heteroatoms. The monoisotopic (exact) mass is 513 g/mol. The fourth-order valence-electron chi connectivity index (χ4n) is 3.55. The van der Waals surface area contributed by atoms with E-state index in [9.17, 15) is 22.6 Å². The van der Waals surface area contributed by atoms with Crippen molar-refractivity contribution in [1.82, 2.24) is 0 Å². The van der Waals surface area contributed by atoms with Gasteiger partial charge in [-0.3, -0.25) is 14.1 Å². The molecule has 2 aromatic rings. The standard InChI is InChI=1S/C26H34O7S.Na/c1-25(2,16-20-11-7-5-8-12-20)18-32-23(27)15-22(34(29,30)31)24(28)33-19-26(3,4)17-21-13-9-6-10-14-21;/h5-14,22H,15-19H2,1-4H3,(H,29,30,31);. The Morgan fingerprint density at radius 3 is 1.60 bits per heavy atom. The largest absolute Gasteiger partial charge is 0.465 e. The third-order valence-electron chi connectivity index (χ3n) is 5.25. The van der Waals surface area contributed by atoms with Gasteiger partial charge in [0.25, 0.3) is 10.1 Å². The first-order chi connectivity index (χ1) is 15.8. The Balaban J connectivity index is 0.00000612. The van der Waals surface area contributed by atoms with E-state index in [0.29, 0.717) is 12.8 Å². The smallest absolute Gasteiger partial charge is 0.327 e. The van der Waals surface area contributed by atoms with E-state index in [1.165, 1.54) is 0 Å². The third kappa shape index (κ3) is 11.7. The normalized spacial score (nSPS) is 12.8. The molecule has 2 rings (SSSR count). The first-order valence-corrected chi connectivity index (χ1v) is 12.6. The molecule has 1 atom stereocenters. The Labute approximate surface area is 230 Å². The molecule has 0 aromatic heterocycles. The van der Waals surface area contributed by atoms with Crippen LogP contribution in [0.4, 0.5) is 0 Å². The molecule has 0 aliphatic heterocycles. The maximum absolute atomic E-state index is 12.5. The van der Waals surface area contributed by atoms with Crippen molar-refractivity contribution in [2.45, 2.75) is 52.2 Å². The summed E-state index contributed by atoms with van der Waals surface area (Å²) in [5.41, 5.74) is 1.22. The van der Waals surface area contributed by atoms with E-state index in [1.807, 2.05) is 88.4 Å². The number of ether oxygens (including phenoxy) is 2. The number of benzene rings is 2. The molecule has 0 spiro atoms. The fraction of sp³-hybridized carbons (Fsp3) is 0.462. The Morgan fingerprint density at radius 1 is 0.800 bits per heavy atom. The number of esters is 2. The number of carbonyl (C=O) groups excluding carboxylic acids is 2. The minimum atomic E-state index is -4.86. The van der Waals surface area contributed by atoms with Gasteiger partial charge in [-0.2, -0.15) is 8.42 Å². The summed E-state index contributed by atoms with van der Waals surface area (Å²) in [5.74, 6) is -2.08. The van der Waals surface area contributed by atoms with Crippen LogP contribution in [0.2, 0.25) is 0 Å². The fourth-order valence-corrected chi connectivity index (χ4v) is 4.21. The van der Waals surface area contributed by atoms with Crippen LogP contribution in [0.5, 0.6) is 0 Å². The average molecular weight is 514 g/mol. The van der Waals surface area contributed by atoms with Crippen LogP contribution in [0.15, 0.2) is 60.7 Å². The molecule has 0 saturated heterocycles. The Bertz CT molecular complexity index is 1050. The van der Waals surface area contributed by atoms with Crippen LogP contribution < -0.4 is 0 Å². The van der Waals surface area contributed by atoms with E-state index in [2.05, 4.69) is 0 Å². The summed E-state index contributed by atoms with van der Waals surface area (Å²) in [6, 6.07) is 19.3. The SMILES string of the molecule is CC(C)(COC(=O)CC(C(=O)OCC(C)(C)Cc1ccccc1)S(=O)(=O)O)Cc1ccccc1.[Na]. The second-order valence-electron chi connectivity index (χ2n) is 10.1. The van der Waals surface area contributed by atoms with Crippen molar-refractivity contribution in [3.05, 3.63) is 71.8 Å². The van der Waals surface area contributed by atoms with E-state index in [-0.39, 0.29) is 42.8 Å². The van der Waals surface area contributed by atoms with Gasteiger partial charge in [-0.15, -0.1) is 0 Å².